The normalized spacial score (nSPS) is 19.3. The van der Waals surface area contributed by atoms with Gasteiger partial charge in [0.2, 0.25) is 11.8 Å². The zero-order valence-corrected chi connectivity index (χ0v) is 15.2. The van der Waals surface area contributed by atoms with Crippen LogP contribution in [-0.4, -0.2) is 42.9 Å². The lowest BCUT2D eigenvalue weighted by Crippen LogP contribution is -2.38. The molecule has 0 unspecified atom stereocenters. The number of amides is 2. The molecule has 1 aliphatic heterocycles. The van der Waals surface area contributed by atoms with Gasteiger partial charge >= 0.3 is 0 Å². The van der Waals surface area contributed by atoms with Crippen molar-refractivity contribution in [3.8, 4) is 0 Å². The lowest BCUT2D eigenvalue weighted by atomic mass is 10.1. The van der Waals surface area contributed by atoms with Crippen molar-refractivity contribution in [3.05, 3.63) is 24.3 Å². The van der Waals surface area contributed by atoms with Crippen LogP contribution in [-0.2, 0) is 9.59 Å². The Hall–Kier alpha value is -1.88. The summed E-state index contributed by atoms with van der Waals surface area (Å²) in [5, 5.41) is 3.02. The van der Waals surface area contributed by atoms with Gasteiger partial charge < -0.3 is 10.2 Å². The maximum Gasteiger partial charge on any atom is 0.238 e. The summed E-state index contributed by atoms with van der Waals surface area (Å²) >= 11 is 0. The molecule has 25 heavy (non-hydrogen) atoms. The molecule has 0 bridgehead atoms. The molecule has 2 amide bonds. The monoisotopic (exact) mass is 343 g/mol. The summed E-state index contributed by atoms with van der Waals surface area (Å²) in [6.07, 6.45) is 8.98. The van der Waals surface area contributed by atoms with Crippen LogP contribution in [0.5, 0.6) is 0 Å². The van der Waals surface area contributed by atoms with Crippen LogP contribution in [0.2, 0.25) is 0 Å². The minimum Gasteiger partial charge on any atom is -0.323 e. The van der Waals surface area contributed by atoms with Gasteiger partial charge in [0.25, 0.3) is 0 Å². The fourth-order valence-electron chi connectivity index (χ4n) is 3.96. The van der Waals surface area contributed by atoms with Crippen LogP contribution in [0.25, 0.3) is 0 Å². The third-order valence-electron chi connectivity index (χ3n) is 5.38. The molecule has 1 saturated heterocycles. The quantitative estimate of drug-likeness (QED) is 0.834. The predicted octanol–water partition coefficient (Wildman–Crippen LogP) is 3.41. The van der Waals surface area contributed by atoms with Crippen molar-refractivity contribution in [3.63, 3.8) is 0 Å². The first-order valence-electron chi connectivity index (χ1n) is 9.54. The highest BCUT2D eigenvalue weighted by Gasteiger charge is 2.25. The van der Waals surface area contributed by atoms with E-state index in [1.54, 1.807) is 4.90 Å². The Morgan fingerprint density at radius 2 is 1.88 bits per heavy atom. The smallest absolute Gasteiger partial charge is 0.238 e. The van der Waals surface area contributed by atoms with Crippen LogP contribution in [0, 0.1) is 0 Å². The maximum absolute atomic E-state index is 12.5. The zero-order valence-electron chi connectivity index (χ0n) is 15.2. The van der Waals surface area contributed by atoms with Gasteiger partial charge in [-0.3, -0.25) is 14.5 Å². The number of likely N-dealkylation sites (N-methyl/N-ethyl adjacent to an activating group) is 1. The Labute approximate surface area is 150 Å². The van der Waals surface area contributed by atoms with E-state index in [9.17, 15) is 9.59 Å². The van der Waals surface area contributed by atoms with Crippen molar-refractivity contribution < 1.29 is 9.59 Å². The molecule has 136 valence electrons. The number of benzene rings is 1. The first-order valence-corrected chi connectivity index (χ1v) is 9.54. The van der Waals surface area contributed by atoms with Crippen LogP contribution < -0.4 is 10.2 Å². The van der Waals surface area contributed by atoms with Crippen molar-refractivity contribution in [1.29, 1.82) is 0 Å². The number of nitrogens with zero attached hydrogens (tertiary/aromatic N) is 2. The van der Waals surface area contributed by atoms with Crippen molar-refractivity contribution in [2.24, 2.45) is 0 Å². The van der Waals surface area contributed by atoms with Gasteiger partial charge in [0.15, 0.2) is 0 Å². The second-order valence-electron chi connectivity index (χ2n) is 7.27. The molecule has 1 saturated carbocycles. The van der Waals surface area contributed by atoms with Crippen LogP contribution >= 0.6 is 0 Å². The molecule has 1 aromatic carbocycles. The maximum atomic E-state index is 12.5. The summed E-state index contributed by atoms with van der Waals surface area (Å²) in [6.45, 7) is 1.13. The first kappa shape index (κ1) is 17.9. The van der Waals surface area contributed by atoms with Gasteiger partial charge in [0.05, 0.1) is 17.9 Å². The molecule has 0 radical (unpaired) electrons. The number of rotatable bonds is 5. The van der Waals surface area contributed by atoms with E-state index < -0.39 is 0 Å². The van der Waals surface area contributed by atoms with Gasteiger partial charge in [-0.2, -0.15) is 0 Å². The largest absolute Gasteiger partial charge is 0.323 e. The molecule has 0 atom stereocenters. The molecular formula is C20H29N3O2. The van der Waals surface area contributed by atoms with E-state index in [1.807, 2.05) is 31.3 Å². The van der Waals surface area contributed by atoms with E-state index >= 15 is 0 Å². The second kappa shape index (κ2) is 8.48. The van der Waals surface area contributed by atoms with E-state index in [0.717, 1.165) is 24.3 Å². The number of hydrogen-bond acceptors (Lipinski definition) is 3. The third-order valence-corrected chi connectivity index (χ3v) is 5.38. The summed E-state index contributed by atoms with van der Waals surface area (Å²) in [6, 6.07) is 8.10. The minimum atomic E-state index is -0.00848. The summed E-state index contributed by atoms with van der Waals surface area (Å²) in [7, 11) is 2.05. The molecule has 3 rings (SSSR count). The molecule has 1 aromatic rings. The van der Waals surface area contributed by atoms with Crippen molar-refractivity contribution >= 4 is 23.2 Å². The fourth-order valence-corrected chi connectivity index (χ4v) is 3.96. The van der Waals surface area contributed by atoms with Crippen molar-refractivity contribution in [2.75, 3.05) is 30.4 Å². The molecule has 5 heteroatoms. The van der Waals surface area contributed by atoms with Crippen LogP contribution in [0.15, 0.2) is 24.3 Å². The Morgan fingerprint density at radius 3 is 2.56 bits per heavy atom. The van der Waals surface area contributed by atoms with E-state index in [4.69, 9.17) is 0 Å². The fraction of sp³-hybridized carbons (Fsp3) is 0.600. The highest BCUT2D eigenvalue weighted by molar-refractivity contribution is 6.02. The van der Waals surface area contributed by atoms with Gasteiger partial charge in [-0.1, -0.05) is 37.8 Å². The Morgan fingerprint density at radius 1 is 1.16 bits per heavy atom. The number of anilines is 2. The molecule has 1 N–H and O–H groups in total. The molecule has 2 fully saturated rings. The minimum absolute atomic E-state index is 0.00848. The number of nitrogens with one attached hydrogen (secondary N) is 1. The van der Waals surface area contributed by atoms with E-state index in [-0.39, 0.29) is 11.8 Å². The summed E-state index contributed by atoms with van der Waals surface area (Å²) in [5.74, 6) is 0.128. The van der Waals surface area contributed by atoms with Crippen molar-refractivity contribution in [2.45, 2.75) is 57.4 Å². The van der Waals surface area contributed by atoms with Crippen LogP contribution in [0.1, 0.15) is 51.4 Å². The average molecular weight is 343 g/mol. The lowest BCUT2D eigenvalue weighted by molar-refractivity contribution is -0.118. The van der Waals surface area contributed by atoms with Gasteiger partial charge in [0, 0.05) is 19.0 Å². The van der Waals surface area contributed by atoms with Gasteiger partial charge in [0.1, 0.15) is 0 Å². The van der Waals surface area contributed by atoms with Crippen molar-refractivity contribution in [1.82, 2.24) is 4.90 Å². The van der Waals surface area contributed by atoms with Crippen LogP contribution in [0.3, 0.4) is 0 Å². The van der Waals surface area contributed by atoms with Crippen LogP contribution in [0.4, 0.5) is 11.4 Å². The van der Waals surface area contributed by atoms with Gasteiger partial charge in [-0.25, -0.2) is 0 Å². The highest BCUT2D eigenvalue weighted by atomic mass is 16.2. The standard InChI is InChI=1S/C20H29N3O2/c1-22(16-9-4-2-3-5-10-16)15-19(24)21-17-11-6-7-12-18(17)23-14-8-13-20(23)25/h6-7,11-12,16H,2-5,8-10,13-15H2,1H3,(H,21,24). The molecular weight excluding hydrogens is 314 g/mol. The van der Waals surface area contributed by atoms with Gasteiger partial charge in [-0.05, 0) is 38.4 Å². The number of carbonyl (C=O) groups excluding carboxylic acids is 2. The molecule has 1 aliphatic carbocycles. The summed E-state index contributed by atoms with van der Waals surface area (Å²) < 4.78 is 0. The topological polar surface area (TPSA) is 52.7 Å². The Balaban J connectivity index is 1.62. The molecule has 2 aliphatic rings. The first-order chi connectivity index (χ1) is 12.1. The number of carbonyl (C=O) groups is 2. The number of para-hydroxylation sites is 2. The van der Waals surface area contributed by atoms with E-state index in [0.29, 0.717) is 19.0 Å². The second-order valence-corrected chi connectivity index (χ2v) is 7.27. The van der Waals surface area contributed by atoms with E-state index in [2.05, 4.69) is 10.2 Å². The Kier molecular flexibility index (Phi) is 6.08. The molecule has 0 spiro atoms. The highest BCUT2D eigenvalue weighted by Crippen LogP contribution is 2.29. The molecule has 5 nitrogen and oxygen atoms in total. The Bertz CT molecular complexity index is 609. The third kappa shape index (κ3) is 4.60. The summed E-state index contributed by atoms with van der Waals surface area (Å²) in [5.41, 5.74) is 1.55. The van der Waals surface area contributed by atoms with Gasteiger partial charge in [-0.15, -0.1) is 0 Å². The zero-order chi connectivity index (χ0) is 17.6. The lowest BCUT2D eigenvalue weighted by Gasteiger charge is -2.27. The SMILES string of the molecule is CN(CC(=O)Nc1ccccc1N1CCCC1=O)C1CCCCCC1. The molecule has 0 aromatic heterocycles. The summed E-state index contributed by atoms with van der Waals surface area (Å²) in [4.78, 5) is 28.5. The van der Waals surface area contributed by atoms with E-state index in [1.165, 1.54) is 38.5 Å². The number of hydrogen-bond donors (Lipinski definition) is 1. The average Bonchev–Trinajstić information content (AvgIpc) is 2.85. The predicted molar refractivity (Wildman–Crippen MR) is 101 cm³/mol. The molecule has 1 heterocycles.